The fourth-order valence-electron chi connectivity index (χ4n) is 1.78. The predicted molar refractivity (Wildman–Crippen MR) is 57.4 cm³/mol. The van der Waals surface area contributed by atoms with Crippen molar-refractivity contribution in [2.75, 3.05) is 7.11 Å². The topological polar surface area (TPSA) is 46.6 Å². The van der Waals surface area contributed by atoms with Crippen molar-refractivity contribution >= 4 is 11.9 Å². The number of hydrogen-bond donors (Lipinski definition) is 0. The van der Waals surface area contributed by atoms with E-state index in [1.54, 1.807) is 4.90 Å². The number of carbonyl (C=O) groups is 2. The summed E-state index contributed by atoms with van der Waals surface area (Å²) in [6.07, 6.45) is 0.263. The van der Waals surface area contributed by atoms with Gasteiger partial charge in [0.05, 0.1) is 13.5 Å². The highest BCUT2D eigenvalue weighted by molar-refractivity contribution is 5.94. The second kappa shape index (κ2) is 4.35. The Morgan fingerprint density at radius 1 is 1.44 bits per heavy atom. The van der Waals surface area contributed by atoms with E-state index in [1.165, 1.54) is 7.11 Å². The van der Waals surface area contributed by atoms with Gasteiger partial charge in [-0.05, 0) is 5.56 Å². The molecule has 0 spiro atoms. The third-order valence-corrected chi connectivity index (χ3v) is 2.73. The van der Waals surface area contributed by atoms with E-state index >= 15 is 0 Å². The second-order valence-corrected chi connectivity index (χ2v) is 3.75. The summed E-state index contributed by atoms with van der Waals surface area (Å²) in [4.78, 5) is 24.3. The highest BCUT2D eigenvalue weighted by Gasteiger charge is 2.41. The number of hydrogen-bond acceptors (Lipinski definition) is 3. The molecule has 1 fully saturated rings. The maximum atomic E-state index is 11.4. The molecule has 1 heterocycles. The van der Waals surface area contributed by atoms with Crippen LogP contribution in [0.25, 0.3) is 0 Å². The number of ether oxygens (including phenoxy) is 1. The minimum absolute atomic E-state index is 0.000692. The lowest BCUT2D eigenvalue weighted by Gasteiger charge is -2.38. The van der Waals surface area contributed by atoms with Gasteiger partial charge in [0.15, 0.2) is 0 Å². The molecule has 16 heavy (non-hydrogen) atoms. The number of carbonyl (C=O) groups excluding carboxylic acids is 2. The van der Waals surface area contributed by atoms with Gasteiger partial charge in [0.1, 0.15) is 6.04 Å². The predicted octanol–water partition coefficient (Wildman–Crippen LogP) is 0.960. The Morgan fingerprint density at radius 2 is 2.12 bits per heavy atom. The average molecular weight is 219 g/mol. The molecule has 84 valence electrons. The molecule has 4 nitrogen and oxygen atoms in total. The van der Waals surface area contributed by atoms with Crippen LogP contribution in [0.1, 0.15) is 12.0 Å². The molecule has 1 atom stereocenters. The molecule has 4 heteroatoms. The van der Waals surface area contributed by atoms with Gasteiger partial charge in [-0.25, -0.2) is 4.79 Å². The average Bonchev–Trinajstić information content (AvgIpc) is 2.33. The summed E-state index contributed by atoms with van der Waals surface area (Å²) in [5.74, 6) is -0.338. The molecule has 0 aliphatic carbocycles. The number of methoxy groups -OCH3 is 1. The molecule has 1 aromatic rings. The first kappa shape index (κ1) is 10.7. The summed E-state index contributed by atoms with van der Waals surface area (Å²) in [6, 6.07) is 9.19. The number of likely N-dealkylation sites (tertiary alicyclic amines) is 1. The lowest BCUT2D eigenvalue weighted by Crippen LogP contribution is -2.56. The minimum atomic E-state index is -0.405. The summed E-state index contributed by atoms with van der Waals surface area (Å²) >= 11 is 0. The first-order valence-electron chi connectivity index (χ1n) is 5.13. The van der Waals surface area contributed by atoms with Gasteiger partial charge in [-0.3, -0.25) is 4.79 Å². The van der Waals surface area contributed by atoms with Crippen LogP contribution in [-0.2, 0) is 20.9 Å². The number of amides is 1. The number of benzene rings is 1. The van der Waals surface area contributed by atoms with Crippen molar-refractivity contribution in [3.05, 3.63) is 35.9 Å². The normalized spacial score (nSPS) is 19.2. The zero-order valence-electron chi connectivity index (χ0n) is 9.05. The van der Waals surface area contributed by atoms with Crippen LogP contribution in [0.3, 0.4) is 0 Å². The van der Waals surface area contributed by atoms with Crippen molar-refractivity contribution in [2.45, 2.75) is 19.0 Å². The largest absolute Gasteiger partial charge is 0.467 e. The van der Waals surface area contributed by atoms with Gasteiger partial charge in [0, 0.05) is 6.54 Å². The van der Waals surface area contributed by atoms with Gasteiger partial charge in [0.2, 0.25) is 5.91 Å². The van der Waals surface area contributed by atoms with E-state index in [-0.39, 0.29) is 18.3 Å². The highest BCUT2D eigenvalue weighted by atomic mass is 16.5. The van der Waals surface area contributed by atoms with Crippen LogP contribution in [0.5, 0.6) is 0 Å². The van der Waals surface area contributed by atoms with Crippen molar-refractivity contribution < 1.29 is 14.3 Å². The van der Waals surface area contributed by atoms with Crippen LogP contribution in [-0.4, -0.2) is 29.9 Å². The maximum absolute atomic E-state index is 11.4. The Bertz CT molecular complexity index is 402. The Hall–Kier alpha value is -1.84. The van der Waals surface area contributed by atoms with E-state index in [2.05, 4.69) is 4.74 Å². The van der Waals surface area contributed by atoms with Gasteiger partial charge < -0.3 is 9.64 Å². The third-order valence-electron chi connectivity index (χ3n) is 2.73. The van der Waals surface area contributed by atoms with Crippen LogP contribution >= 0.6 is 0 Å². The lowest BCUT2D eigenvalue weighted by molar-refractivity contribution is -0.165. The second-order valence-electron chi connectivity index (χ2n) is 3.75. The fraction of sp³-hybridized carbons (Fsp3) is 0.333. The maximum Gasteiger partial charge on any atom is 0.329 e. The standard InChI is InChI=1S/C12H13NO3/c1-16-12(15)10-7-11(14)13(10)8-9-5-3-2-4-6-9/h2-6,10H,7-8H2,1H3/t10-/m1/s1. The molecular weight excluding hydrogens is 206 g/mol. The molecule has 0 unspecified atom stereocenters. The van der Waals surface area contributed by atoms with Crippen LogP contribution in [0.15, 0.2) is 30.3 Å². The van der Waals surface area contributed by atoms with E-state index in [9.17, 15) is 9.59 Å². The highest BCUT2D eigenvalue weighted by Crippen LogP contribution is 2.22. The molecule has 1 aliphatic heterocycles. The molecule has 1 saturated heterocycles. The molecule has 1 aliphatic rings. The summed E-state index contributed by atoms with van der Waals surface area (Å²) in [5, 5.41) is 0. The molecule has 0 N–H and O–H groups in total. The van der Waals surface area contributed by atoms with Crippen molar-refractivity contribution in [3.63, 3.8) is 0 Å². The Morgan fingerprint density at radius 3 is 2.69 bits per heavy atom. The number of esters is 1. The van der Waals surface area contributed by atoms with Gasteiger partial charge in [-0.2, -0.15) is 0 Å². The van der Waals surface area contributed by atoms with Crippen molar-refractivity contribution in [1.29, 1.82) is 0 Å². The van der Waals surface area contributed by atoms with Gasteiger partial charge in [-0.15, -0.1) is 0 Å². The molecule has 1 aromatic carbocycles. The molecule has 0 bridgehead atoms. The molecule has 0 saturated carbocycles. The monoisotopic (exact) mass is 219 g/mol. The van der Waals surface area contributed by atoms with E-state index in [4.69, 9.17) is 0 Å². The van der Waals surface area contributed by atoms with E-state index in [1.807, 2.05) is 30.3 Å². The summed E-state index contributed by atoms with van der Waals surface area (Å²) in [7, 11) is 1.34. The van der Waals surface area contributed by atoms with E-state index in [0.29, 0.717) is 6.54 Å². The van der Waals surface area contributed by atoms with Gasteiger partial charge >= 0.3 is 5.97 Å². The van der Waals surface area contributed by atoms with E-state index in [0.717, 1.165) is 5.56 Å². The van der Waals surface area contributed by atoms with Crippen LogP contribution in [0.2, 0.25) is 0 Å². The van der Waals surface area contributed by atoms with Crippen molar-refractivity contribution in [1.82, 2.24) is 4.90 Å². The smallest absolute Gasteiger partial charge is 0.329 e. The summed E-state index contributed by atoms with van der Waals surface area (Å²) < 4.78 is 4.64. The number of β-lactam (4-membered cyclic amide) rings is 1. The first-order valence-corrected chi connectivity index (χ1v) is 5.13. The first-order chi connectivity index (χ1) is 7.72. The molecule has 0 aromatic heterocycles. The van der Waals surface area contributed by atoms with Crippen LogP contribution in [0.4, 0.5) is 0 Å². The van der Waals surface area contributed by atoms with Crippen molar-refractivity contribution in [2.24, 2.45) is 0 Å². The zero-order chi connectivity index (χ0) is 11.5. The molecule has 1 amide bonds. The minimum Gasteiger partial charge on any atom is -0.467 e. The quantitative estimate of drug-likeness (QED) is 0.562. The SMILES string of the molecule is COC(=O)[C@H]1CC(=O)N1Cc1ccccc1. The Labute approximate surface area is 93.8 Å². The van der Waals surface area contributed by atoms with Crippen LogP contribution < -0.4 is 0 Å². The van der Waals surface area contributed by atoms with Gasteiger partial charge in [-0.1, -0.05) is 30.3 Å². The van der Waals surface area contributed by atoms with Crippen LogP contribution in [0, 0.1) is 0 Å². The lowest BCUT2D eigenvalue weighted by atomic mass is 10.0. The zero-order valence-corrected chi connectivity index (χ0v) is 9.05. The van der Waals surface area contributed by atoms with Gasteiger partial charge in [0.25, 0.3) is 0 Å². The third kappa shape index (κ3) is 1.91. The van der Waals surface area contributed by atoms with Crippen molar-refractivity contribution in [3.8, 4) is 0 Å². The Balaban J connectivity index is 2.04. The number of rotatable bonds is 3. The summed E-state index contributed by atoms with van der Waals surface area (Å²) in [6.45, 7) is 0.472. The Kier molecular flexibility index (Phi) is 2.90. The number of nitrogens with zero attached hydrogens (tertiary/aromatic N) is 1. The molecular formula is C12H13NO3. The molecule has 2 rings (SSSR count). The summed E-state index contributed by atoms with van der Waals surface area (Å²) in [5.41, 5.74) is 1.02. The molecule has 0 radical (unpaired) electrons. The fourth-order valence-corrected chi connectivity index (χ4v) is 1.78. The van der Waals surface area contributed by atoms with E-state index < -0.39 is 6.04 Å².